The molecule has 0 aliphatic carbocycles. The van der Waals surface area contributed by atoms with Crippen LogP contribution in [0.2, 0.25) is 0 Å². The largest absolute Gasteiger partial charge is 0.497 e. The van der Waals surface area contributed by atoms with E-state index in [1.54, 1.807) is 19.2 Å². The number of rotatable bonds is 7. The Morgan fingerprint density at radius 2 is 1.78 bits per heavy atom. The van der Waals surface area contributed by atoms with Crippen molar-refractivity contribution in [3.8, 4) is 33.4 Å². The van der Waals surface area contributed by atoms with E-state index in [0.29, 0.717) is 22.2 Å². The van der Waals surface area contributed by atoms with Gasteiger partial charge in [0, 0.05) is 16.5 Å². The molecule has 9 nitrogen and oxygen atoms in total. The monoisotopic (exact) mass is 497 g/mol. The second-order valence-electron chi connectivity index (χ2n) is 7.64. The van der Waals surface area contributed by atoms with Crippen molar-refractivity contribution in [2.45, 2.75) is 0 Å². The van der Waals surface area contributed by atoms with Crippen molar-refractivity contribution in [1.29, 1.82) is 0 Å². The Labute approximate surface area is 209 Å². The van der Waals surface area contributed by atoms with E-state index < -0.39 is 11.5 Å². The first kappa shape index (κ1) is 22.9. The fraction of sp³-hybridized carbons (Fsp3) is 0.0385. The lowest BCUT2D eigenvalue weighted by Gasteiger charge is -2.00. The molecule has 2 aromatic heterocycles. The summed E-state index contributed by atoms with van der Waals surface area (Å²) in [4.78, 5) is 29.3. The molecule has 0 fully saturated rings. The first-order valence-electron chi connectivity index (χ1n) is 10.8. The summed E-state index contributed by atoms with van der Waals surface area (Å²) in [6.45, 7) is 0. The van der Waals surface area contributed by atoms with Crippen LogP contribution >= 0.6 is 11.3 Å². The highest BCUT2D eigenvalue weighted by atomic mass is 32.1. The number of carboxylic acids is 1. The number of H-pyrrole nitrogens is 1. The molecule has 0 aliphatic rings. The number of aromatic amines is 1. The maximum atomic E-state index is 13.4. The van der Waals surface area contributed by atoms with Crippen LogP contribution in [0, 0.1) is 0 Å². The summed E-state index contributed by atoms with van der Waals surface area (Å²) < 4.78 is 6.55. The normalized spacial score (nSPS) is 11.1. The van der Waals surface area contributed by atoms with Gasteiger partial charge in [0.25, 0.3) is 0 Å². The SMILES string of the molecule is COc1ccc(-c2csc(-n3[nH]c(-c4ccccc4)c(N=Nc4cccc(C(=O)O)c4)c3=O)n2)cc1. The molecule has 0 radical (unpaired) electrons. The van der Waals surface area contributed by atoms with Crippen LogP contribution in [0.25, 0.3) is 27.6 Å². The topological polar surface area (TPSA) is 122 Å². The van der Waals surface area contributed by atoms with Gasteiger partial charge >= 0.3 is 11.5 Å². The third kappa shape index (κ3) is 4.57. The molecular weight excluding hydrogens is 478 g/mol. The first-order valence-corrected chi connectivity index (χ1v) is 11.7. The number of ether oxygens (including phenoxy) is 1. The summed E-state index contributed by atoms with van der Waals surface area (Å²) in [5.74, 6) is -0.330. The van der Waals surface area contributed by atoms with Crippen molar-refractivity contribution in [3.63, 3.8) is 0 Å². The first-order chi connectivity index (χ1) is 17.5. The minimum absolute atomic E-state index is 0.0788. The lowest BCUT2D eigenvalue weighted by Crippen LogP contribution is -2.13. The molecule has 0 unspecified atom stereocenters. The molecule has 5 rings (SSSR count). The highest BCUT2D eigenvalue weighted by molar-refractivity contribution is 7.12. The van der Waals surface area contributed by atoms with E-state index in [1.807, 2.05) is 60.0 Å². The number of nitrogens with zero attached hydrogens (tertiary/aromatic N) is 4. The van der Waals surface area contributed by atoms with Crippen LogP contribution in [-0.4, -0.2) is 33.0 Å². The van der Waals surface area contributed by atoms with Crippen LogP contribution in [0.4, 0.5) is 11.4 Å². The number of hydrogen-bond donors (Lipinski definition) is 2. The average Bonchev–Trinajstić information content (AvgIpc) is 3.53. The summed E-state index contributed by atoms with van der Waals surface area (Å²) in [7, 11) is 1.61. The van der Waals surface area contributed by atoms with E-state index in [4.69, 9.17) is 4.74 Å². The molecule has 0 aliphatic heterocycles. The average molecular weight is 498 g/mol. The van der Waals surface area contributed by atoms with E-state index in [1.165, 1.54) is 28.2 Å². The molecule has 3 aromatic carbocycles. The molecule has 5 aromatic rings. The maximum absolute atomic E-state index is 13.4. The fourth-order valence-corrected chi connectivity index (χ4v) is 4.32. The summed E-state index contributed by atoms with van der Waals surface area (Å²) in [5, 5.41) is 23.0. The Morgan fingerprint density at radius 1 is 1.00 bits per heavy atom. The molecule has 10 heteroatoms. The number of methoxy groups -OCH3 is 1. The number of azo groups is 1. The van der Waals surface area contributed by atoms with Gasteiger partial charge in [0.15, 0.2) is 5.69 Å². The zero-order valence-electron chi connectivity index (χ0n) is 19.0. The van der Waals surface area contributed by atoms with Gasteiger partial charge in [-0.1, -0.05) is 36.4 Å². The zero-order chi connectivity index (χ0) is 25.1. The second-order valence-corrected chi connectivity index (χ2v) is 8.48. The van der Waals surface area contributed by atoms with Gasteiger partial charge in [-0.15, -0.1) is 16.5 Å². The van der Waals surface area contributed by atoms with Crippen molar-refractivity contribution >= 4 is 28.7 Å². The quantitative estimate of drug-likeness (QED) is 0.264. The zero-order valence-corrected chi connectivity index (χ0v) is 19.8. The van der Waals surface area contributed by atoms with Gasteiger partial charge in [0.1, 0.15) is 5.75 Å². The molecular formula is C26H19N5O4S. The van der Waals surface area contributed by atoms with Gasteiger partial charge in [-0.3, -0.25) is 9.89 Å². The van der Waals surface area contributed by atoms with Gasteiger partial charge in [-0.25, -0.2) is 9.78 Å². The van der Waals surface area contributed by atoms with E-state index in [-0.39, 0.29) is 11.3 Å². The maximum Gasteiger partial charge on any atom is 0.335 e. The summed E-state index contributed by atoms with van der Waals surface area (Å²) >= 11 is 1.31. The number of thiazole rings is 1. The summed E-state index contributed by atoms with van der Waals surface area (Å²) in [5.41, 5.74) is 2.87. The molecule has 0 spiro atoms. The molecule has 0 bridgehead atoms. The fourth-order valence-electron chi connectivity index (χ4n) is 3.53. The van der Waals surface area contributed by atoms with Crippen LogP contribution in [0.1, 0.15) is 10.4 Å². The van der Waals surface area contributed by atoms with Crippen LogP contribution in [0.3, 0.4) is 0 Å². The van der Waals surface area contributed by atoms with E-state index in [0.717, 1.165) is 16.9 Å². The molecule has 2 heterocycles. The molecule has 0 amide bonds. The Kier molecular flexibility index (Phi) is 6.25. The summed E-state index contributed by atoms with van der Waals surface area (Å²) in [6, 6.07) is 22.8. The molecule has 0 atom stereocenters. The van der Waals surface area contributed by atoms with Crippen LogP contribution < -0.4 is 10.3 Å². The minimum atomic E-state index is -1.07. The van der Waals surface area contributed by atoms with E-state index in [2.05, 4.69) is 20.3 Å². The lowest BCUT2D eigenvalue weighted by atomic mass is 10.1. The Hall–Kier alpha value is -4.83. The van der Waals surface area contributed by atoms with Gasteiger partial charge in [0.05, 0.1) is 29.7 Å². The van der Waals surface area contributed by atoms with Gasteiger partial charge < -0.3 is 9.84 Å². The van der Waals surface area contributed by atoms with Crippen LogP contribution in [-0.2, 0) is 0 Å². The Bertz CT molecular complexity index is 1620. The standard InChI is InChI=1S/C26H19N5O4S/c1-35-20-12-10-16(11-13-20)21-15-36-26(27-21)31-24(32)23(22(30-31)17-6-3-2-4-7-17)29-28-19-9-5-8-18(14-19)25(33)34/h2-15,30H,1H3,(H,33,34). The number of benzene rings is 3. The van der Waals surface area contributed by atoms with Crippen LogP contribution in [0.15, 0.2) is 99.3 Å². The Morgan fingerprint density at radius 3 is 2.50 bits per heavy atom. The predicted octanol–water partition coefficient (Wildman–Crippen LogP) is 6.08. The number of carboxylic acid groups (broad SMARTS) is 1. The smallest absolute Gasteiger partial charge is 0.335 e. The highest BCUT2D eigenvalue weighted by Gasteiger charge is 2.19. The summed E-state index contributed by atoms with van der Waals surface area (Å²) in [6.07, 6.45) is 0. The number of aromatic carboxylic acids is 1. The molecule has 2 N–H and O–H groups in total. The molecule has 0 saturated carbocycles. The molecule has 178 valence electrons. The van der Waals surface area contributed by atoms with Crippen molar-refractivity contribution in [1.82, 2.24) is 14.8 Å². The predicted molar refractivity (Wildman–Crippen MR) is 137 cm³/mol. The molecule has 0 saturated heterocycles. The lowest BCUT2D eigenvalue weighted by molar-refractivity contribution is 0.0697. The minimum Gasteiger partial charge on any atom is -0.497 e. The van der Waals surface area contributed by atoms with Crippen molar-refractivity contribution < 1.29 is 14.6 Å². The van der Waals surface area contributed by atoms with Crippen molar-refractivity contribution in [2.24, 2.45) is 10.2 Å². The third-order valence-corrected chi connectivity index (χ3v) is 6.18. The van der Waals surface area contributed by atoms with Crippen LogP contribution in [0.5, 0.6) is 5.75 Å². The number of aromatic nitrogens is 3. The van der Waals surface area contributed by atoms with Gasteiger partial charge in [0.2, 0.25) is 5.13 Å². The van der Waals surface area contributed by atoms with Crippen molar-refractivity contribution in [3.05, 3.63) is 100 Å². The number of hydrogen-bond acceptors (Lipinski definition) is 7. The van der Waals surface area contributed by atoms with E-state index >= 15 is 0 Å². The second kappa shape index (κ2) is 9.80. The third-order valence-electron chi connectivity index (χ3n) is 5.36. The number of nitrogens with one attached hydrogen (secondary N) is 1. The molecule has 36 heavy (non-hydrogen) atoms. The van der Waals surface area contributed by atoms with E-state index in [9.17, 15) is 14.7 Å². The number of carbonyl (C=O) groups is 1. The van der Waals surface area contributed by atoms with Crippen molar-refractivity contribution in [2.75, 3.05) is 7.11 Å². The van der Waals surface area contributed by atoms with Gasteiger partial charge in [-0.2, -0.15) is 9.80 Å². The van der Waals surface area contributed by atoms with Gasteiger partial charge in [-0.05, 0) is 42.5 Å². The highest BCUT2D eigenvalue weighted by Crippen LogP contribution is 2.30. The Balaban J connectivity index is 1.56.